The number of rotatable bonds is 6. The standard InChI is InChI=1S/C22H27FN4O2/c1-16-6-7-20(12-17(16)2)25-22(29)15-27-10-8-26(9-11-27)14-21(28)24-19-5-3-4-18(23)13-19/h3-7,12-13H,8-11,14-15H2,1-2H3,(H,24,28)(H,25,29). The van der Waals surface area contributed by atoms with E-state index in [1.807, 2.05) is 36.9 Å². The summed E-state index contributed by atoms with van der Waals surface area (Å²) in [6.07, 6.45) is 0. The molecule has 1 saturated heterocycles. The third-order valence-electron chi connectivity index (χ3n) is 5.10. The number of anilines is 2. The highest BCUT2D eigenvalue weighted by atomic mass is 19.1. The van der Waals surface area contributed by atoms with Gasteiger partial charge < -0.3 is 10.6 Å². The first-order valence-corrected chi connectivity index (χ1v) is 9.76. The van der Waals surface area contributed by atoms with Crippen molar-refractivity contribution in [2.24, 2.45) is 0 Å². The molecular weight excluding hydrogens is 371 g/mol. The molecule has 0 unspecified atom stereocenters. The van der Waals surface area contributed by atoms with Crippen molar-refractivity contribution in [3.63, 3.8) is 0 Å². The Kier molecular flexibility index (Phi) is 6.95. The molecule has 7 heteroatoms. The van der Waals surface area contributed by atoms with Gasteiger partial charge in [0.25, 0.3) is 0 Å². The minimum absolute atomic E-state index is 0.0365. The van der Waals surface area contributed by atoms with E-state index in [4.69, 9.17) is 0 Å². The van der Waals surface area contributed by atoms with Crippen LogP contribution in [0.4, 0.5) is 15.8 Å². The van der Waals surface area contributed by atoms with Crippen molar-refractivity contribution in [1.82, 2.24) is 9.80 Å². The van der Waals surface area contributed by atoms with Crippen LogP contribution in [0.3, 0.4) is 0 Å². The SMILES string of the molecule is Cc1ccc(NC(=O)CN2CCN(CC(=O)Nc3cccc(F)c3)CC2)cc1C. The van der Waals surface area contributed by atoms with Crippen molar-refractivity contribution in [1.29, 1.82) is 0 Å². The van der Waals surface area contributed by atoms with Crippen molar-refractivity contribution >= 4 is 23.2 Å². The predicted molar refractivity (Wildman–Crippen MR) is 112 cm³/mol. The number of benzene rings is 2. The fourth-order valence-electron chi connectivity index (χ4n) is 3.30. The Morgan fingerprint density at radius 2 is 1.38 bits per heavy atom. The number of hydrogen-bond donors (Lipinski definition) is 2. The molecule has 0 aliphatic carbocycles. The zero-order valence-corrected chi connectivity index (χ0v) is 16.9. The van der Waals surface area contributed by atoms with Crippen LogP contribution in [0.25, 0.3) is 0 Å². The minimum atomic E-state index is -0.379. The van der Waals surface area contributed by atoms with Gasteiger partial charge in [0.2, 0.25) is 11.8 Å². The topological polar surface area (TPSA) is 64.7 Å². The maximum Gasteiger partial charge on any atom is 0.238 e. The molecule has 2 aromatic rings. The van der Waals surface area contributed by atoms with Crippen molar-refractivity contribution < 1.29 is 14.0 Å². The van der Waals surface area contributed by atoms with Crippen LogP contribution in [0.1, 0.15) is 11.1 Å². The number of carbonyl (C=O) groups excluding carboxylic acids is 2. The van der Waals surface area contributed by atoms with E-state index >= 15 is 0 Å². The molecule has 2 N–H and O–H groups in total. The summed E-state index contributed by atoms with van der Waals surface area (Å²) < 4.78 is 13.2. The van der Waals surface area contributed by atoms with Crippen LogP contribution in [0.15, 0.2) is 42.5 Å². The summed E-state index contributed by atoms with van der Waals surface area (Å²) in [6.45, 7) is 7.48. The van der Waals surface area contributed by atoms with Gasteiger partial charge in [0.1, 0.15) is 5.82 Å². The molecule has 0 aromatic heterocycles. The Morgan fingerprint density at radius 1 is 0.828 bits per heavy atom. The molecule has 1 aliphatic heterocycles. The van der Waals surface area contributed by atoms with Gasteiger partial charge in [-0.25, -0.2) is 4.39 Å². The van der Waals surface area contributed by atoms with Gasteiger partial charge in [-0.3, -0.25) is 19.4 Å². The molecule has 0 saturated carbocycles. The lowest BCUT2D eigenvalue weighted by atomic mass is 10.1. The van der Waals surface area contributed by atoms with E-state index in [0.717, 1.165) is 11.3 Å². The summed E-state index contributed by atoms with van der Waals surface area (Å²) in [5, 5.41) is 5.65. The maximum absolute atomic E-state index is 13.2. The van der Waals surface area contributed by atoms with Gasteiger partial charge in [0, 0.05) is 37.6 Å². The largest absolute Gasteiger partial charge is 0.325 e. The van der Waals surface area contributed by atoms with E-state index in [1.54, 1.807) is 12.1 Å². The highest BCUT2D eigenvalue weighted by Gasteiger charge is 2.20. The second kappa shape index (κ2) is 9.62. The predicted octanol–water partition coefficient (Wildman–Crippen LogP) is 2.64. The van der Waals surface area contributed by atoms with Crippen molar-refractivity contribution in [2.45, 2.75) is 13.8 Å². The third-order valence-corrected chi connectivity index (χ3v) is 5.10. The summed E-state index contributed by atoms with van der Waals surface area (Å²) >= 11 is 0. The number of hydrogen-bond acceptors (Lipinski definition) is 4. The normalized spacial score (nSPS) is 15.1. The highest BCUT2D eigenvalue weighted by Crippen LogP contribution is 2.14. The lowest BCUT2D eigenvalue weighted by Gasteiger charge is -2.33. The number of piperazine rings is 1. The van der Waals surface area contributed by atoms with Crippen molar-refractivity contribution in [3.8, 4) is 0 Å². The van der Waals surface area contributed by atoms with Gasteiger partial charge in [0.05, 0.1) is 13.1 Å². The second-order valence-electron chi connectivity index (χ2n) is 7.46. The average Bonchev–Trinajstić information content (AvgIpc) is 2.66. The van der Waals surface area contributed by atoms with Gasteiger partial charge >= 0.3 is 0 Å². The van der Waals surface area contributed by atoms with Gasteiger partial charge in [0.15, 0.2) is 0 Å². The number of nitrogens with zero attached hydrogens (tertiary/aromatic N) is 2. The molecule has 1 fully saturated rings. The fraction of sp³-hybridized carbons (Fsp3) is 0.364. The van der Waals surface area contributed by atoms with Crippen LogP contribution in [0.5, 0.6) is 0 Å². The number of halogens is 1. The summed E-state index contributed by atoms with van der Waals surface area (Å²) in [6, 6.07) is 11.7. The van der Waals surface area contributed by atoms with E-state index < -0.39 is 0 Å². The van der Waals surface area contributed by atoms with Crippen molar-refractivity contribution in [2.75, 3.05) is 49.9 Å². The Labute approximate surface area is 170 Å². The van der Waals surface area contributed by atoms with Crippen molar-refractivity contribution in [3.05, 3.63) is 59.4 Å². The molecule has 0 radical (unpaired) electrons. The Hall–Kier alpha value is -2.77. The number of carbonyl (C=O) groups is 2. The lowest BCUT2D eigenvalue weighted by Crippen LogP contribution is -2.50. The Balaban J connectivity index is 1.40. The first-order valence-electron chi connectivity index (χ1n) is 9.76. The second-order valence-corrected chi connectivity index (χ2v) is 7.46. The van der Waals surface area contributed by atoms with Crippen LogP contribution in [0.2, 0.25) is 0 Å². The first kappa shape index (κ1) is 21.0. The van der Waals surface area contributed by atoms with Gasteiger partial charge in [-0.2, -0.15) is 0 Å². The lowest BCUT2D eigenvalue weighted by molar-refractivity contribution is -0.120. The van der Waals surface area contributed by atoms with Gasteiger partial charge in [-0.1, -0.05) is 12.1 Å². The first-order chi connectivity index (χ1) is 13.9. The summed E-state index contributed by atoms with van der Waals surface area (Å²) in [7, 11) is 0. The average molecular weight is 398 g/mol. The molecule has 29 heavy (non-hydrogen) atoms. The fourth-order valence-corrected chi connectivity index (χ4v) is 3.30. The molecule has 2 amide bonds. The molecule has 1 aliphatic rings. The monoisotopic (exact) mass is 398 g/mol. The molecule has 0 atom stereocenters. The summed E-state index contributed by atoms with van der Waals surface area (Å²) in [4.78, 5) is 28.6. The smallest absolute Gasteiger partial charge is 0.238 e. The summed E-state index contributed by atoms with van der Waals surface area (Å²) in [5.41, 5.74) is 3.61. The Bertz CT molecular complexity index is 879. The molecule has 0 bridgehead atoms. The zero-order chi connectivity index (χ0) is 20.8. The molecule has 6 nitrogen and oxygen atoms in total. The quantitative estimate of drug-likeness (QED) is 0.785. The minimum Gasteiger partial charge on any atom is -0.325 e. The zero-order valence-electron chi connectivity index (χ0n) is 16.9. The van der Waals surface area contributed by atoms with Crippen LogP contribution in [0, 0.1) is 19.7 Å². The third kappa shape index (κ3) is 6.37. The highest BCUT2D eigenvalue weighted by molar-refractivity contribution is 5.93. The van der Waals surface area contributed by atoms with Crippen LogP contribution >= 0.6 is 0 Å². The number of aryl methyl sites for hydroxylation is 2. The number of nitrogens with one attached hydrogen (secondary N) is 2. The van der Waals surface area contributed by atoms with E-state index in [0.29, 0.717) is 38.4 Å². The maximum atomic E-state index is 13.2. The molecule has 154 valence electrons. The van der Waals surface area contributed by atoms with E-state index in [9.17, 15) is 14.0 Å². The number of amides is 2. The summed E-state index contributed by atoms with van der Waals surface area (Å²) in [5.74, 6) is -0.586. The van der Waals surface area contributed by atoms with Crippen LogP contribution in [-0.2, 0) is 9.59 Å². The van der Waals surface area contributed by atoms with Gasteiger partial charge in [-0.05, 0) is 55.3 Å². The van der Waals surface area contributed by atoms with E-state index in [-0.39, 0.29) is 24.2 Å². The molecular formula is C22H27FN4O2. The van der Waals surface area contributed by atoms with E-state index in [1.165, 1.54) is 17.7 Å². The van der Waals surface area contributed by atoms with E-state index in [2.05, 4.69) is 15.5 Å². The molecule has 3 rings (SSSR count). The molecule has 1 heterocycles. The Morgan fingerprint density at radius 3 is 1.90 bits per heavy atom. The van der Waals surface area contributed by atoms with Gasteiger partial charge in [-0.15, -0.1) is 0 Å². The van der Waals surface area contributed by atoms with Crippen LogP contribution in [-0.4, -0.2) is 60.9 Å². The molecule has 0 spiro atoms. The van der Waals surface area contributed by atoms with Crippen LogP contribution < -0.4 is 10.6 Å². The molecule has 2 aromatic carbocycles.